The number of sulfonamides is 1. The van der Waals surface area contributed by atoms with Crippen LogP contribution in [0.5, 0.6) is 0 Å². The number of hydrogen-bond donors (Lipinski definition) is 2. The van der Waals surface area contributed by atoms with E-state index >= 15 is 0 Å². The average molecular weight is 484 g/mol. The molecule has 168 valence electrons. The molecule has 1 saturated heterocycles. The molecule has 9 heteroatoms. The number of benzene rings is 2. The first-order chi connectivity index (χ1) is 14.7. The standard InChI is InChI=1S/C22H27Cl2N3O3S/c1-16-4-8-20(9-5-16)31(29,30)26-11-10-25-22(28)18-3-2-12-27(15-18)14-17-6-7-19(23)13-21(17)24/h4-9,13,18,26H,2-3,10-12,14-15H2,1H3,(H,25,28). The zero-order chi connectivity index (χ0) is 22.4. The number of rotatable bonds is 8. The summed E-state index contributed by atoms with van der Waals surface area (Å²) in [5, 5.41) is 4.08. The molecule has 1 unspecified atom stereocenters. The fraction of sp³-hybridized carbons (Fsp3) is 0.409. The fourth-order valence-electron chi connectivity index (χ4n) is 3.62. The van der Waals surface area contributed by atoms with Crippen LogP contribution in [0.4, 0.5) is 0 Å². The summed E-state index contributed by atoms with van der Waals surface area (Å²) in [7, 11) is -3.58. The molecule has 0 aromatic heterocycles. The lowest BCUT2D eigenvalue weighted by Crippen LogP contribution is -2.44. The minimum atomic E-state index is -3.58. The molecule has 2 aromatic carbocycles. The zero-order valence-electron chi connectivity index (χ0n) is 17.4. The summed E-state index contributed by atoms with van der Waals surface area (Å²) in [5.74, 6) is -0.185. The van der Waals surface area contributed by atoms with Crippen LogP contribution in [0.15, 0.2) is 47.4 Å². The van der Waals surface area contributed by atoms with Gasteiger partial charge in [0.25, 0.3) is 0 Å². The second-order valence-corrected chi connectivity index (χ2v) is 10.4. The minimum Gasteiger partial charge on any atom is -0.355 e. The van der Waals surface area contributed by atoms with Crippen molar-refractivity contribution in [2.75, 3.05) is 26.2 Å². The van der Waals surface area contributed by atoms with Gasteiger partial charge in [-0.1, -0.05) is 47.0 Å². The van der Waals surface area contributed by atoms with Gasteiger partial charge < -0.3 is 5.32 Å². The molecule has 1 atom stereocenters. The number of carbonyl (C=O) groups excluding carboxylic acids is 1. The molecule has 1 aliphatic heterocycles. The lowest BCUT2D eigenvalue weighted by molar-refractivity contribution is -0.126. The molecule has 0 spiro atoms. The monoisotopic (exact) mass is 483 g/mol. The molecule has 1 fully saturated rings. The molecule has 0 saturated carbocycles. The second kappa shape index (κ2) is 10.8. The lowest BCUT2D eigenvalue weighted by atomic mass is 9.96. The molecule has 1 heterocycles. The predicted octanol–water partition coefficient (Wildman–Crippen LogP) is 3.61. The third kappa shape index (κ3) is 6.92. The van der Waals surface area contributed by atoms with Gasteiger partial charge in [0.1, 0.15) is 0 Å². The number of likely N-dealkylation sites (tertiary alicyclic amines) is 1. The van der Waals surface area contributed by atoms with E-state index in [1.807, 2.05) is 19.1 Å². The summed E-state index contributed by atoms with van der Waals surface area (Å²) in [6, 6.07) is 12.1. The molecule has 31 heavy (non-hydrogen) atoms. The Hall–Kier alpha value is -1.64. The van der Waals surface area contributed by atoms with Crippen molar-refractivity contribution >= 4 is 39.1 Å². The Balaban J connectivity index is 1.45. The van der Waals surface area contributed by atoms with Gasteiger partial charge in [0.15, 0.2) is 0 Å². The van der Waals surface area contributed by atoms with E-state index in [0.29, 0.717) is 23.1 Å². The molecule has 2 aromatic rings. The molecule has 0 bridgehead atoms. The summed E-state index contributed by atoms with van der Waals surface area (Å²) in [4.78, 5) is 15.0. The maximum absolute atomic E-state index is 12.6. The molecule has 0 radical (unpaired) electrons. The Morgan fingerprint density at radius 1 is 1.13 bits per heavy atom. The topological polar surface area (TPSA) is 78.5 Å². The number of nitrogens with one attached hydrogen (secondary N) is 2. The van der Waals surface area contributed by atoms with Gasteiger partial charge in [-0.25, -0.2) is 13.1 Å². The van der Waals surface area contributed by atoms with Crippen molar-refractivity contribution in [1.82, 2.24) is 14.9 Å². The number of nitrogens with zero attached hydrogens (tertiary/aromatic N) is 1. The van der Waals surface area contributed by atoms with Gasteiger partial charge in [0, 0.05) is 36.2 Å². The minimum absolute atomic E-state index is 0.0542. The Labute approximate surface area is 194 Å². The van der Waals surface area contributed by atoms with Crippen molar-refractivity contribution in [3.63, 3.8) is 0 Å². The van der Waals surface area contributed by atoms with Crippen LogP contribution in [-0.2, 0) is 21.4 Å². The second-order valence-electron chi connectivity index (χ2n) is 7.81. The van der Waals surface area contributed by atoms with Crippen LogP contribution in [0.1, 0.15) is 24.0 Å². The largest absolute Gasteiger partial charge is 0.355 e. The Bertz CT molecular complexity index is 1010. The first kappa shape index (κ1) is 24.0. The van der Waals surface area contributed by atoms with Crippen LogP contribution in [0, 0.1) is 12.8 Å². The normalized spacial score (nSPS) is 17.5. The van der Waals surface area contributed by atoms with E-state index in [9.17, 15) is 13.2 Å². The number of piperidine rings is 1. The van der Waals surface area contributed by atoms with Gasteiger partial charge in [-0.15, -0.1) is 0 Å². The summed E-state index contributed by atoms with van der Waals surface area (Å²) in [6.07, 6.45) is 1.73. The molecule has 1 amide bonds. The number of aryl methyl sites for hydroxylation is 1. The summed E-state index contributed by atoms with van der Waals surface area (Å²) in [6.45, 7) is 4.48. The average Bonchev–Trinajstić information content (AvgIpc) is 2.74. The maximum Gasteiger partial charge on any atom is 0.240 e. The molecule has 0 aliphatic carbocycles. The van der Waals surface area contributed by atoms with E-state index in [1.54, 1.807) is 30.3 Å². The summed E-state index contributed by atoms with van der Waals surface area (Å²) >= 11 is 12.2. The number of halogens is 2. The SMILES string of the molecule is Cc1ccc(S(=O)(=O)NCCNC(=O)C2CCCN(Cc3ccc(Cl)cc3Cl)C2)cc1. The first-order valence-corrected chi connectivity index (χ1v) is 12.5. The van der Waals surface area contributed by atoms with Crippen LogP contribution in [0.3, 0.4) is 0 Å². The van der Waals surface area contributed by atoms with Gasteiger partial charge >= 0.3 is 0 Å². The van der Waals surface area contributed by atoms with Gasteiger partial charge in [0.05, 0.1) is 10.8 Å². The number of amides is 1. The Morgan fingerprint density at radius 2 is 1.87 bits per heavy atom. The molecule has 6 nitrogen and oxygen atoms in total. The highest BCUT2D eigenvalue weighted by Gasteiger charge is 2.26. The van der Waals surface area contributed by atoms with E-state index in [2.05, 4.69) is 14.9 Å². The van der Waals surface area contributed by atoms with Crippen molar-refractivity contribution in [1.29, 1.82) is 0 Å². The van der Waals surface area contributed by atoms with E-state index in [1.165, 1.54) is 0 Å². The summed E-state index contributed by atoms with van der Waals surface area (Å²) < 4.78 is 27.1. The van der Waals surface area contributed by atoms with Gasteiger partial charge in [0.2, 0.25) is 15.9 Å². The predicted molar refractivity (Wildman–Crippen MR) is 124 cm³/mol. The van der Waals surface area contributed by atoms with Crippen LogP contribution in [0.2, 0.25) is 10.0 Å². The maximum atomic E-state index is 12.6. The molecular weight excluding hydrogens is 457 g/mol. The van der Waals surface area contributed by atoms with Crippen LogP contribution >= 0.6 is 23.2 Å². The number of hydrogen-bond acceptors (Lipinski definition) is 4. The highest BCUT2D eigenvalue weighted by atomic mass is 35.5. The zero-order valence-corrected chi connectivity index (χ0v) is 19.7. The van der Waals surface area contributed by atoms with E-state index < -0.39 is 10.0 Å². The quantitative estimate of drug-likeness (QED) is 0.562. The molecule has 1 aliphatic rings. The smallest absolute Gasteiger partial charge is 0.240 e. The van der Waals surface area contributed by atoms with Crippen molar-refractivity contribution < 1.29 is 13.2 Å². The molecule has 2 N–H and O–H groups in total. The van der Waals surface area contributed by atoms with E-state index in [4.69, 9.17) is 23.2 Å². The van der Waals surface area contributed by atoms with E-state index in [0.717, 1.165) is 30.5 Å². The highest BCUT2D eigenvalue weighted by molar-refractivity contribution is 7.89. The van der Waals surface area contributed by atoms with Gasteiger partial charge in [-0.2, -0.15) is 0 Å². The van der Waals surface area contributed by atoms with Crippen molar-refractivity contribution in [3.8, 4) is 0 Å². The van der Waals surface area contributed by atoms with Crippen LogP contribution in [0.25, 0.3) is 0 Å². The Morgan fingerprint density at radius 3 is 2.58 bits per heavy atom. The van der Waals surface area contributed by atoms with Crippen molar-refractivity contribution in [3.05, 3.63) is 63.6 Å². The lowest BCUT2D eigenvalue weighted by Gasteiger charge is -2.32. The molecule has 3 rings (SSSR count). The van der Waals surface area contributed by atoms with E-state index in [-0.39, 0.29) is 29.8 Å². The van der Waals surface area contributed by atoms with Crippen LogP contribution < -0.4 is 10.0 Å². The van der Waals surface area contributed by atoms with Gasteiger partial charge in [-0.3, -0.25) is 9.69 Å². The fourth-order valence-corrected chi connectivity index (χ4v) is 5.12. The third-order valence-electron chi connectivity index (χ3n) is 5.33. The number of carbonyl (C=O) groups is 1. The Kier molecular flexibility index (Phi) is 8.36. The van der Waals surface area contributed by atoms with Crippen molar-refractivity contribution in [2.45, 2.75) is 31.2 Å². The third-order valence-corrected chi connectivity index (χ3v) is 7.40. The summed E-state index contributed by atoms with van der Waals surface area (Å²) in [5.41, 5.74) is 1.98. The highest BCUT2D eigenvalue weighted by Crippen LogP contribution is 2.25. The van der Waals surface area contributed by atoms with Crippen molar-refractivity contribution in [2.24, 2.45) is 5.92 Å². The first-order valence-electron chi connectivity index (χ1n) is 10.2. The van der Waals surface area contributed by atoms with Gasteiger partial charge in [-0.05, 0) is 56.1 Å². The van der Waals surface area contributed by atoms with Crippen LogP contribution in [-0.4, -0.2) is 45.4 Å². The molecular formula is C22H27Cl2N3O3S.